The Morgan fingerprint density at radius 1 is 1.43 bits per heavy atom. The van der Waals surface area contributed by atoms with Crippen molar-refractivity contribution in [3.63, 3.8) is 0 Å². The minimum absolute atomic E-state index is 0.0102. The van der Waals surface area contributed by atoms with Crippen LogP contribution in [-0.2, 0) is 4.79 Å². The summed E-state index contributed by atoms with van der Waals surface area (Å²) in [6.07, 6.45) is 2.27. The third-order valence-electron chi connectivity index (χ3n) is 3.26. The van der Waals surface area contributed by atoms with E-state index in [0.29, 0.717) is 36.5 Å². The summed E-state index contributed by atoms with van der Waals surface area (Å²) < 4.78 is 0.556. The number of hydrogen-bond donors (Lipinski definition) is 1. The number of carboxylic acid groups (broad SMARTS) is 1. The van der Waals surface area contributed by atoms with Crippen molar-refractivity contribution < 1.29 is 14.8 Å². The van der Waals surface area contributed by atoms with Crippen LogP contribution < -0.4 is 4.90 Å². The zero-order valence-corrected chi connectivity index (χ0v) is 12.8. The van der Waals surface area contributed by atoms with E-state index in [4.69, 9.17) is 5.11 Å². The quantitative estimate of drug-likeness (QED) is 0.640. The third kappa shape index (κ3) is 4.11. The number of nitrogens with zero attached hydrogens (tertiary/aromatic N) is 4. The SMILES string of the molecule is O=C(O)CN1CCCN(c2ncc(Br)cc2[N+](=O)[O-])CC1. The Balaban J connectivity index is 2.15. The molecule has 0 bridgehead atoms. The van der Waals surface area contributed by atoms with Gasteiger partial charge in [-0.1, -0.05) is 0 Å². The van der Waals surface area contributed by atoms with Crippen LogP contribution in [-0.4, -0.2) is 58.6 Å². The Bertz CT molecular complexity index is 554. The predicted molar refractivity (Wildman–Crippen MR) is 79.5 cm³/mol. The molecule has 1 aromatic heterocycles. The third-order valence-corrected chi connectivity index (χ3v) is 3.69. The molecule has 2 heterocycles. The topological polar surface area (TPSA) is 99.8 Å². The second-order valence-electron chi connectivity index (χ2n) is 4.76. The molecule has 1 saturated heterocycles. The van der Waals surface area contributed by atoms with Gasteiger partial charge in [0.25, 0.3) is 0 Å². The molecule has 1 aromatic rings. The highest BCUT2D eigenvalue weighted by atomic mass is 79.9. The van der Waals surface area contributed by atoms with Crippen molar-refractivity contribution in [1.29, 1.82) is 0 Å². The Labute approximate surface area is 129 Å². The van der Waals surface area contributed by atoms with Gasteiger partial charge >= 0.3 is 11.7 Å². The zero-order valence-electron chi connectivity index (χ0n) is 11.2. The van der Waals surface area contributed by atoms with Gasteiger partial charge in [-0.25, -0.2) is 4.98 Å². The van der Waals surface area contributed by atoms with Crippen LogP contribution in [0.5, 0.6) is 0 Å². The van der Waals surface area contributed by atoms with Crippen LogP contribution in [0.25, 0.3) is 0 Å². The first-order valence-electron chi connectivity index (χ1n) is 6.46. The monoisotopic (exact) mass is 358 g/mol. The first-order valence-corrected chi connectivity index (χ1v) is 7.25. The van der Waals surface area contributed by atoms with E-state index in [1.807, 2.05) is 9.80 Å². The lowest BCUT2D eigenvalue weighted by Gasteiger charge is -2.21. The lowest BCUT2D eigenvalue weighted by atomic mass is 10.3. The molecule has 0 radical (unpaired) electrons. The number of rotatable bonds is 4. The number of halogens is 1. The van der Waals surface area contributed by atoms with Gasteiger partial charge in [0.05, 0.1) is 11.5 Å². The van der Waals surface area contributed by atoms with Gasteiger partial charge in [0.15, 0.2) is 0 Å². The number of anilines is 1. The van der Waals surface area contributed by atoms with Crippen LogP contribution >= 0.6 is 15.9 Å². The van der Waals surface area contributed by atoms with Crippen molar-refractivity contribution in [3.8, 4) is 0 Å². The fourth-order valence-electron chi connectivity index (χ4n) is 2.33. The summed E-state index contributed by atoms with van der Waals surface area (Å²) in [6, 6.07) is 1.43. The molecule has 8 nitrogen and oxygen atoms in total. The molecular weight excluding hydrogens is 344 g/mol. The van der Waals surface area contributed by atoms with Gasteiger partial charge in [-0.05, 0) is 22.4 Å². The smallest absolute Gasteiger partial charge is 0.317 e. The average Bonchev–Trinajstić information content (AvgIpc) is 2.63. The van der Waals surface area contributed by atoms with Crippen LogP contribution in [0.3, 0.4) is 0 Å². The molecule has 1 aliphatic heterocycles. The van der Waals surface area contributed by atoms with Crippen molar-refractivity contribution in [2.24, 2.45) is 0 Å². The highest BCUT2D eigenvalue weighted by Crippen LogP contribution is 2.29. The molecule has 0 aromatic carbocycles. The Hall–Kier alpha value is -1.74. The maximum Gasteiger partial charge on any atom is 0.317 e. The summed E-state index contributed by atoms with van der Waals surface area (Å²) in [6.45, 7) is 2.33. The molecule has 1 N–H and O–H groups in total. The van der Waals surface area contributed by atoms with E-state index in [-0.39, 0.29) is 12.2 Å². The molecule has 0 aliphatic carbocycles. The molecule has 0 atom stereocenters. The van der Waals surface area contributed by atoms with E-state index in [1.54, 1.807) is 0 Å². The van der Waals surface area contributed by atoms with Crippen LogP contribution in [0, 0.1) is 10.1 Å². The van der Waals surface area contributed by atoms with Crippen LogP contribution in [0.1, 0.15) is 6.42 Å². The van der Waals surface area contributed by atoms with Gasteiger partial charge in [-0.15, -0.1) is 0 Å². The number of hydrogen-bond acceptors (Lipinski definition) is 6. The number of nitro groups is 1. The molecular formula is C12H15BrN4O4. The summed E-state index contributed by atoms with van der Waals surface area (Å²) in [7, 11) is 0. The van der Waals surface area contributed by atoms with Crippen molar-refractivity contribution in [2.45, 2.75) is 6.42 Å². The molecule has 1 aliphatic rings. The number of carbonyl (C=O) groups is 1. The van der Waals surface area contributed by atoms with Gasteiger partial charge < -0.3 is 10.0 Å². The maximum atomic E-state index is 11.1. The van der Waals surface area contributed by atoms with Crippen LogP contribution in [0.4, 0.5) is 11.5 Å². The number of carboxylic acids is 1. The second-order valence-corrected chi connectivity index (χ2v) is 5.68. The number of pyridine rings is 1. The van der Waals surface area contributed by atoms with Crippen molar-refractivity contribution >= 4 is 33.4 Å². The van der Waals surface area contributed by atoms with Crippen molar-refractivity contribution in [2.75, 3.05) is 37.6 Å². The average molecular weight is 359 g/mol. The highest BCUT2D eigenvalue weighted by Gasteiger charge is 2.24. The normalized spacial score (nSPS) is 16.5. The molecule has 2 rings (SSSR count). The zero-order chi connectivity index (χ0) is 15.4. The molecule has 0 amide bonds. The molecule has 0 saturated carbocycles. The van der Waals surface area contributed by atoms with E-state index < -0.39 is 10.9 Å². The van der Waals surface area contributed by atoms with E-state index in [1.165, 1.54) is 12.3 Å². The maximum absolute atomic E-state index is 11.1. The van der Waals surface area contributed by atoms with E-state index in [2.05, 4.69) is 20.9 Å². The summed E-state index contributed by atoms with van der Waals surface area (Å²) in [5.41, 5.74) is -0.0453. The first kappa shape index (κ1) is 15.6. The van der Waals surface area contributed by atoms with Crippen molar-refractivity contribution in [3.05, 3.63) is 26.9 Å². The molecule has 0 spiro atoms. The molecule has 1 fully saturated rings. The number of aromatic nitrogens is 1. The van der Waals surface area contributed by atoms with E-state index in [0.717, 1.165) is 6.42 Å². The van der Waals surface area contributed by atoms with Gasteiger partial charge in [-0.2, -0.15) is 0 Å². The van der Waals surface area contributed by atoms with Gasteiger partial charge in [-0.3, -0.25) is 19.8 Å². The lowest BCUT2D eigenvalue weighted by molar-refractivity contribution is -0.384. The minimum Gasteiger partial charge on any atom is -0.480 e. The molecule has 0 unspecified atom stereocenters. The molecule has 114 valence electrons. The van der Waals surface area contributed by atoms with Gasteiger partial charge in [0.2, 0.25) is 5.82 Å². The first-order chi connectivity index (χ1) is 9.97. The predicted octanol–water partition coefficient (Wildman–Crippen LogP) is 1.35. The Morgan fingerprint density at radius 2 is 2.19 bits per heavy atom. The fraction of sp³-hybridized carbons (Fsp3) is 0.500. The second kappa shape index (κ2) is 6.81. The minimum atomic E-state index is -0.865. The molecule has 9 heteroatoms. The Morgan fingerprint density at radius 3 is 2.86 bits per heavy atom. The van der Waals surface area contributed by atoms with Crippen molar-refractivity contribution in [1.82, 2.24) is 9.88 Å². The largest absolute Gasteiger partial charge is 0.480 e. The van der Waals surface area contributed by atoms with Gasteiger partial charge in [0.1, 0.15) is 0 Å². The summed E-state index contributed by atoms with van der Waals surface area (Å²) in [5.74, 6) is -0.531. The lowest BCUT2D eigenvalue weighted by Crippen LogP contribution is -2.34. The number of aliphatic carboxylic acids is 1. The van der Waals surface area contributed by atoms with Crippen LogP contribution in [0.15, 0.2) is 16.7 Å². The van der Waals surface area contributed by atoms with E-state index in [9.17, 15) is 14.9 Å². The van der Waals surface area contributed by atoms with Gasteiger partial charge in [0, 0.05) is 42.9 Å². The highest BCUT2D eigenvalue weighted by molar-refractivity contribution is 9.10. The van der Waals surface area contributed by atoms with Crippen LogP contribution in [0.2, 0.25) is 0 Å². The summed E-state index contributed by atoms with van der Waals surface area (Å²) >= 11 is 3.18. The summed E-state index contributed by atoms with van der Waals surface area (Å²) in [4.78, 5) is 29.3. The summed E-state index contributed by atoms with van der Waals surface area (Å²) in [5, 5.41) is 20.0. The fourth-order valence-corrected chi connectivity index (χ4v) is 2.65. The standard InChI is InChI=1S/C12H15BrN4O4/c13-9-6-10(17(20)21)12(14-7-9)16-3-1-2-15(4-5-16)8-11(18)19/h6-7H,1-5,8H2,(H,18,19). The van der Waals surface area contributed by atoms with E-state index >= 15 is 0 Å². The Kier molecular flexibility index (Phi) is 5.07. The molecule has 21 heavy (non-hydrogen) atoms.